The van der Waals surface area contributed by atoms with E-state index in [-0.39, 0.29) is 0 Å². The van der Waals surface area contributed by atoms with Crippen molar-refractivity contribution in [2.45, 2.75) is 52.1 Å². The van der Waals surface area contributed by atoms with Gasteiger partial charge in [0.25, 0.3) is 0 Å². The van der Waals surface area contributed by atoms with Crippen molar-refractivity contribution in [3.8, 4) is 0 Å². The van der Waals surface area contributed by atoms with Crippen LogP contribution in [0.15, 0.2) is 5.16 Å². The maximum Gasteiger partial charge on any atom is 0.138 e. The summed E-state index contributed by atoms with van der Waals surface area (Å²) in [5.74, 6) is 1.41. The van der Waals surface area contributed by atoms with Crippen molar-refractivity contribution in [2.24, 2.45) is 17.0 Å². The summed E-state index contributed by atoms with van der Waals surface area (Å²) >= 11 is 0. The zero-order valence-electron chi connectivity index (χ0n) is 8.62. The van der Waals surface area contributed by atoms with Crippen LogP contribution in [-0.4, -0.2) is 11.8 Å². The molecule has 1 fully saturated rings. The summed E-state index contributed by atoms with van der Waals surface area (Å²) in [7, 11) is 0. The molecule has 2 rings (SSSR count). The van der Waals surface area contributed by atoms with Crippen LogP contribution in [0.5, 0.6) is 0 Å². The van der Waals surface area contributed by atoms with Crippen LogP contribution in [0.25, 0.3) is 0 Å². The lowest BCUT2D eigenvalue weighted by Gasteiger charge is -2.31. The van der Waals surface area contributed by atoms with Crippen molar-refractivity contribution in [3.63, 3.8) is 0 Å². The highest BCUT2D eigenvalue weighted by molar-refractivity contribution is 5.85. The summed E-state index contributed by atoms with van der Waals surface area (Å²) in [4.78, 5) is 5.52. The molecule has 13 heavy (non-hydrogen) atoms. The molecule has 3 unspecified atom stereocenters. The highest BCUT2D eigenvalue weighted by Gasteiger charge is 2.39. The molecule has 74 valence electrons. The van der Waals surface area contributed by atoms with Crippen LogP contribution in [0, 0.1) is 11.8 Å². The Morgan fingerprint density at radius 2 is 2.31 bits per heavy atom. The van der Waals surface area contributed by atoms with Gasteiger partial charge in [-0.2, -0.15) is 0 Å². The molecule has 0 aromatic rings. The van der Waals surface area contributed by atoms with E-state index in [4.69, 9.17) is 4.84 Å². The van der Waals surface area contributed by atoms with Gasteiger partial charge in [-0.05, 0) is 32.1 Å². The standard InChI is InChI=1S/C11H19NO/c1-3-5-9-6-4-7-10-8(2)12-13-11(9)10/h9-11H,3-7H2,1-2H3. The maximum atomic E-state index is 5.52. The van der Waals surface area contributed by atoms with Gasteiger partial charge in [0, 0.05) is 5.92 Å². The van der Waals surface area contributed by atoms with Gasteiger partial charge in [-0.15, -0.1) is 0 Å². The summed E-state index contributed by atoms with van der Waals surface area (Å²) in [6.07, 6.45) is 7.01. The minimum Gasteiger partial charge on any atom is -0.392 e. The minimum atomic E-state index is 0.425. The van der Waals surface area contributed by atoms with Crippen molar-refractivity contribution in [3.05, 3.63) is 0 Å². The number of rotatable bonds is 2. The van der Waals surface area contributed by atoms with E-state index < -0.39 is 0 Å². The van der Waals surface area contributed by atoms with Crippen molar-refractivity contribution in [1.82, 2.24) is 0 Å². The average Bonchev–Trinajstić information content (AvgIpc) is 2.50. The second-order valence-electron chi connectivity index (χ2n) is 4.39. The van der Waals surface area contributed by atoms with Crippen molar-refractivity contribution >= 4 is 5.71 Å². The van der Waals surface area contributed by atoms with Gasteiger partial charge in [0.05, 0.1) is 5.71 Å². The zero-order valence-corrected chi connectivity index (χ0v) is 8.62. The Balaban J connectivity index is 2.01. The maximum absolute atomic E-state index is 5.52. The van der Waals surface area contributed by atoms with E-state index in [1.54, 1.807) is 0 Å². The Morgan fingerprint density at radius 3 is 3.08 bits per heavy atom. The summed E-state index contributed by atoms with van der Waals surface area (Å²) in [6, 6.07) is 0. The summed E-state index contributed by atoms with van der Waals surface area (Å²) in [5, 5.41) is 4.13. The molecule has 0 aromatic carbocycles. The molecule has 1 aliphatic carbocycles. The first-order valence-corrected chi connectivity index (χ1v) is 5.53. The smallest absolute Gasteiger partial charge is 0.138 e. The first-order chi connectivity index (χ1) is 6.33. The Kier molecular flexibility index (Phi) is 2.56. The van der Waals surface area contributed by atoms with Gasteiger partial charge in [-0.3, -0.25) is 0 Å². The molecule has 1 saturated carbocycles. The zero-order chi connectivity index (χ0) is 9.26. The van der Waals surface area contributed by atoms with Gasteiger partial charge >= 0.3 is 0 Å². The molecule has 1 aliphatic heterocycles. The molecular formula is C11H19NO. The fourth-order valence-electron chi connectivity index (χ4n) is 2.75. The largest absolute Gasteiger partial charge is 0.392 e. The average molecular weight is 181 g/mol. The molecular weight excluding hydrogens is 162 g/mol. The molecule has 2 heteroatoms. The van der Waals surface area contributed by atoms with Crippen LogP contribution < -0.4 is 0 Å². The summed E-state index contributed by atoms with van der Waals surface area (Å²) < 4.78 is 0. The molecule has 0 radical (unpaired) electrons. The van der Waals surface area contributed by atoms with E-state index in [2.05, 4.69) is 19.0 Å². The molecule has 0 spiro atoms. The molecule has 3 atom stereocenters. The lowest BCUT2D eigenvalue weighted by molar-refractivity contribution is -0.00640. The number of hydrogen-bond acceptors (Lipinski definition) is 2. The molecule has 0 amide bonds. The first-order valence-electron chi connectivity index (χ1n) is 5.53. The SMILES string of the molecule is CCCC1CCCC2C(C)=NOC12. The third-order valence-corrected chi connectivity index (χ3v) is 3.47. The molecule has 0 N–H and O–H groups in total. The van der Waals surface area contributed by atoms with Crippen molar-refractivity contribution in [1.29, 1.82) is 0 Å². The predicted octanol–water partition coefficient (Wildman–Crippen LogP) is 2.98. The van der Waals surface area contributed by atoms with Gasteiger partial charge in [-0.1, -0.05) is 24.9 Å². The second-order valence-corrected chi connectivity index (χ2v) is 4.39. The van der Waals surface area contributed by atoms with Gasteiger partial charge < -0.3 is 4.84 Å². The molecule has 0 bridgehead atoms. The highest BCUT2D eigenvalue weighted by atomic mass is 16.6. The lowest BCUT2D eigenvalue weighted by Crippen LogP contribution is -2.34. The van der Waals surface area contributed by atoms with E-state index in [0.29, 0.717) is 12.0 Å². The van der Waals surface area contributed by atoms with Crippen LogP contribution >= 0.6 is 0 Å². The minimum absolute atomic E-state index is 0.425. The lowest BCUT2D eigenvalue weighted by atomic mass is 9.75. The Bertz CT molecular complexity index is 210. The van der Waals surface area contributed by atoms with Gasteiger partial charge in [-0.25, -0.2) is 0 Å². The molecule has 0 aromatic heterocycles. The fraction of sp³-hybridized carbons (Fsp3) is 0.909. The molecule has 2 aliphatic rings. The van der Waals surface area contributed by atoms with Gasteiger partial charge in [0.15, 0.2) is 0 Å². The fourth-order valence-corrected chi connectivity index (χ4v) is 2.75. The Morgan fingerprint density at radius 1 is 1.46 bits per heavy atom. The van der Waals surface area contributed by atoms with Crippen LogP contribution in [-0.2, 0) is 4.84 Å². The topological polar surface area (TPSA) is 21.6 Å². The molecule has 0 saturated heterocycles. The van der Waals surface area contributed by atoms with Gasteiger partial charge in [0.2, 0.25) is 0 Å². The Hall–Kier alpha value is -0.530. The van der Waals surface area contributed by atoms with Crippen molar-refractivity contribution < 1.29 is 4.84 Å². The van der Waals surface area contributed by atoms with E-state index in [9.17, 15) is 0 Å². The predicted molar refractivity (Wildman–Crippen MR) is 53.7 cm³/mol. The molecule has 2 nitrogen and oxygen atoms in total. The third-order valence-electron chi connectivity index (χ3n) is 3.47. The monoisotopic (exact) mass is 181 g/mol. The van der Waals surface area contributed by atoms with Crippen LogP contribution in [0.1, 0.15) is 46.0 Å². The van der Waals surface area contributed by atoms with E-state index >= 15 is 0 Å². The van der Waals surface area contributed by atoms with Crippen LogP contribution in [0.2, 0.25) is 0 Å². The quantitative estimate of drug-likeness (QED) is 0.641. The van der Waals surface area contributed by atoms with E-state index in [1.807, 2.05) is 0 Å². The second kappa shape index (κ2) is 3.69. The summed E-state index contributed by atoms with van der Waals surface area (Å²) in [6.45, 7) is 4.37. The highest BCUT2D eigenvalue weighted by Crippen LogP contribution is 2.38. The number of nitrogens with zero attached hydrogens (tertiary/aromatic N) is 1. The van der Waals surface area contributed by atoms with Crippen LogP contribution in [0.4, 0.5) is 0 Å². The van der Waals surface area contributed by atoms with Crippen molar-refractivity contribution in [2.75, 3.05) is 0 Å². The normalized spacial score (nSPS) is 38.0. The first kappa shape index (κ1) is 9.04. The number of hydrogen-bond donors (Lipinski definition) is 0. The summed E-state index contributed by atoms with van der Waals surface area (Å²) in [5.41, 5.74) is 1.23. The third kappa shape index (κ3) is 1.59. The Labute approximate surface area is 80.3 Å². The molecule has 1 heterocycles. The van der Waals surface area contributed by atoms with Crippen LogP contribution in [0.3, 0.4) is 0 Å². The number of fused-ring (bicyclic) bond motifs is 1. The number of oxime groups is 1. The van der Waals surface area contributed by atoms with Gasteiger partial charge in [0.1, 0.15) is 6.10 Å². The van der Waals surface area contributed by atoms with E-state index in [1.165, 1.54) is 37.8 Å². The van der Waals surface area contributed by atoms with E-state index in [0.717, 1.165) is 5.92 Å².